The molecule has 0 aromatic heterocycles. The number of hydrogen-bond acceptors (Lipinski definition) is 2. The Morgan fingerprint density at radius 2 is 2.12 bits per heavy atom. The summed E-state index contributed by atoms with van der Waals surface area (Å²) < 4.78 is 0. The summed E-state index contributed by atoms with van der Waals surface area (Å²) in [6, 6.07) is 7.33. The van der Waals surface area contributed by atoms with Gasteiger partial charge in [-0.15, -0.1) is 0 Å². The Kier molecular flexibility index (Phi) is 6.22. The Hall–Kier alpha value is -0.870. The number of benzene rings is 1. The Balaban J connectivity index is 2.58. The predicted molar refractivity (Wildman–Crippen MR) is 73.4 cm³/mol. The van der Waals surface area contributed by atoms with E-state index >= 15 is 0 Å². The van der Waals surface area contributed by atoms with Crippen molar-refractivity contribution in [2.24, 2.45) is 0 Å². The van der Waals surface area contributed by atoms with Gasteiger partial charge in [0.1, 0.15) is 0 Å². The lowest BCUT2D eigenvalue weighted by Gasteiger charge is -2.12. The van der Waals surface area contributed by atoms with Gasteiger partial charge in [0.05, 0.1) is 6.10 Å². The van der Waals surface area contributed by atoms with Crippen LogP contribution in [-0.2, 0) is 4.79 Å². The Bertz CT molecular complexity index is 366. The molecule has 0 heterocycles. The van der Waals surface area contributed by atoms with Gasteiger partial charge in [-0.3, -0.25) is 4.79 Å². The maximum Gasteiger partial charge on any atom is 0.224 e. The lowest BCUT2D eigenvalue weighted by atomic mass is 10.1. The molecule has 1 amide bonds. The number of unbranched alkanes of at least 4 members (excludes halogenated alkanes) is 1. The molecule has 1 atom stereocenters. The van der Waals surface area contributed by atoms with E-state index in [1.807, 2.05) is 24.3 Å². The van der Waals surface area contributed by atoms with E-state index in [9.17, 15) is 9.90 Å². The summed E-state index contributed by atoms with van der Waals surface area (Å²) in [6.45, 7) is 1.69. The zero-order chi connectivity index (χ0) is 12.7. The molecule has 1 aromatic carbocycles. The highest BCUT2D eigenvalue weighted by atomic mass is 79.9. The van der Waals surface area contributed by atoms with Crippen molar-refractivity contribution in [1.29, 1.82) is 0 Å². The summed E-state index contributed by atoms with van der Waals surface area (Å²) in [7, 11) is 0. The molecule has 0 fully saturated rings. The van der Waals surface area contributed by atoms with Gasteiger partial charge < -0.3 is 10.4 Å². The number of aliphatic hydroxyl groups excluding tert-OH is 1. The molecule has 2 N–H and O–H groups in total. The molecule has 0 saturated carbocycles. The van der Waals surface area contributed by atoms with Crippen LogP contribution in [0.4, 0.5) is 5.69 Å². The van der Waals surface area contributed by atoms with Crippen LogP contribution < -0.4 is 5.32 Å². The molecule has 4 heteroatoms. The van der Waals surface area contributed by atoms with Gasteiger partial charge in [-0.05, 0) is 25.8 Å². The normalized spacial score (nSPS) is 12.2. The summed E-state index contributed by atoms with van der Waals surface area (Å²) in [5, 5.41) is 13.3. The van der Waals surface area contributed by atoms with Gasteiger partial charge in [0, 0.05) is 23.0 Å². The second-order valence-electron chi connectivity index (χ2n) is 3.96. The zero-order valence-electron chi connectivity index (χ0n) is 9.95. The number of nitrogens with one attached hydrogen (secondary N) is 1. The largest absolute Gasteiger partial charge is 0.389 e. The number of amides is 1. The molecule has 1 unspecified atom stereocenters. The molecule has 0 aliphatic carbocycles. The Morgan fingerprint density at radius 1 is 1.41 bits per heavy atom. The number of para-hydroxylation sites is 1. The molecular formula is C13H18BrNO2. The third-order valence-electron chi connectivity index (χ3n) is 2.47. The number of carbonyl (C=O) groups excluding carboxylic acids is 1. The molecule has 1 aromatic rings. The fourth-order valence-corrected chi connectivity index (χ4v) is 1.96. The van der Waals surface area contributed by atoms with Crippen molar-refractivity contribution in [2.45, 2.75) is 32.3 Å². The number of carbonyl (C=O) groups is 1. The first kappa shape index (κ1) is 14.2. The number of halogens is 1. The van der Waals surface area contributed by atoms with E-state index in [-0.39, 0.29) is 5.91 Å². The molecular weight excluding hydrogens is 282 g/mol. The Morgan fingerprint density at radius 3 is 2.76 bits per heavy atom. The highest BCUT2D eigenvalue weighted by Crippen LogP contribution is 2.22. The molecule has 0 bridgehead atoms. The van der Waals surface area contributed by atoms with Gasteiger partial charge in [0.25, 0.3) is 0 Å². The summed E-state index contributed by atoms with van der Waals surface area (Å²) in [5.41, 5.74) is 1.45. The number of hydrogen-bond donors (Lipinski definition) is 2. The third-order valence-corrected chi connectivity index (χ3v) is 3.03. The lowest BCUT2D eigenvalue weighted by molar-refractivity contribution is -0.116. The maximum absolute atomic E-state index is 11.7. The summed E-state index contributed by atoms with van der Waals surface area (Å²) in [5.74, 6) is -0.000880. The SMILES string of the molecule is CC(O)c1ccccc1NC(=O)CCCCBr. The van der Waals surface area contributed by atoms with Crippen LogP contribution in [0.5, 0.6) is 0 Å². The second kappa shape index (κ2) is 7.45. The first-order valence-electron chi connectivity index (χ1n) is 5.78. The quantitative estimate of drug-likeness (QED) is 0.626. The number of anilines is 1. The van der Waals surface area contributed by atoms with Gasteiger partial charge in [0.2, 0.25) is 5.91 Å². The van der Waals surface area contributed by atoms with Crippen LogP contribution in [0.1, 0.15) is 37.9 Å². The number of alkyl halides is 1. The van der Waals surface area contributed by atoms with Gasteiger partial charge in [0.15, 0.2) is 0 Å². The molecule has 17 heavy (non-hydrogen) atoms. The van der Waals surface area contributed by atoms with Gasteiger partial charge in [-0.25, -0.2) is 0 Å². The fraction of sp³-hybridized carbons (Fsp3) is 0.462. The second-order valence-corrected chi connectivity index (χ2v) is 4.75. The van der Waals surface area contributed by atoms with Crippen LogP contribution in [0.15, 0.2) is 24.3 Å². The molecule has 0 aliphatic heterocycles. The van der Waals surface area contributed by atoms with E-state index in [4.69, 9.17) is 0 Å². The smallest absolute Gasteiger partial charge is 0.224 e. The van der Waals surface area contributed by atoms with E-state index in [1.165, 1.54) is 0 Å². The highest BCUT2D eigenvalue weighted by molar-refractivity contribution is 9.09. The summed E-state index contributed by atoms with van der Waals surface area (Å²) in [4.78, 5) is 11.7. The molecule has 94 valence electrons. The highest BCUT2D eigenvalue weighted by Gasteiger charge is 2.09. The average Bonchev–Trinajstić information content (AvgIpc) is 2.29. The molecule has 3 nitrogen and oxygen atoms in total. The predicted octanol–water partition coefficient (Wildman–Crippen LogP) is 3.24. The van der Waals surface area contributed by atoms with Crippen molar-refractivity contribution in [3.8, 4) is 0 Å². The van der Waals surface area contributed by atoms with Crippen molar-refractivity contribution in [3.63, 3.8) is 0 Å². The first-order chi connectivity index (χ1) is 8.15. The van der Waals surface area contributed by atoms with E-state index < -0.39 is 6.10 Å². The van der Waals surface area contributed by atoms with E-state index in [0.717, 1.165) is 23.7 Å². The van der Waals surface area contributed by atoms with Crippen LogP contribution in [0.2, 0.25) is 0 Å². The molecule has 0 radical (unpaired) electrons. The van der Waals surface area contributed by atoms with Crippen LogP contribution in [0.3, 0.4) is 0 Å². The van der Waals surface area contributed by atoms with Crippen LogP contribution >= 0.6 is 15.9 Å². The van der Waals surface area contributed by atoms with E-state index in [0.29, 0.717) is 12.1 Å². The maximum atomic E-state index is 11.7. The monoisotopic (exact) mass is 299 g/mol. The lowest BCUT2D eigenvalue weighted by Crippen LogP contribution is -2.13. The molecule has 1 rings (SSSR count). The molecule has 0 aliphatic rings. The van der Waals surface area contributed by atoms with Gasteiger partial charge in [-0.2, -0.15) is 0 Å². The fourth-order valence-electron chi connectivity index (χ4n) is 1.57. The third kappa shape index (κ3) is 4.88. The minimum atomic E-state index is -0.575. The van der Waals surface area contributed by atoms with Gasteiger partial charge >= 0.3 is 0 Å². The Labute approximate surface area is 110 Å². The van der Waals surface area contributed by atoms with Crippen molar-refractivity contribution in [3.05, 3.63) is 29.8 Å². The van der Waals surface area contributed by atoms with Crippen molar-refractivity contribution >= 4 is 27.5 Å². The van der Waals surface area contributed by atoms with Crippen LogP contribution in [-0.4, -0.2) is 16.3 Å². The van der Waals surface area contributed by atoms with Gasteiger partial charge in [-0.1, -0.05) is 34.1 Å². The number of rotatable bonds is 6. The average molecular weight is 300 g/mol. The van der Waals surface area contributed by atoms with Crippen molar-refractivity contribution in [1.82, 2.24) is 0 Å². The van der Waals surface area contributed by atoms with E-state index in [2.05, 4.69) is 21.2 Å². The summed E-state index contributed by atoms with van der Waals surface area (Å²) >= 11 is 3.33. The zero-order valence-corrected chi connectivity index (χ0v) is 11.5. The number of aliphatic hydroxyl groups is 1. The van der Waals surface area contributed by atoms with Crippen LogP contribution in [0, 0.1) is 0 Å². The van der Waals surface area contributed by atoms with E-state index in [1.54, 1.807) is 6.92 Å². The van der Waals surface area contributed by atoms with Crippen molar-refractivity contribution in [2.75, 3.05) is 10.6 Å². The van der Waals surface area contributed by atoms with Crippen LogP contribution in [0.25, 0.3) is 0 Å². The minimum absolute atomic E-state index is 0.000880. The minimum Gasteiger partial charge on any atom is -0.389 e. The topological polar surface area (TPSA) is 49.3 Å². The standard InChI is InChI=1S/C13H18BrNO2/c1-10(16)11-6-2-3-7-12(11)15-13(17)8-4-5-9-14/h2-3,6-7,10,16H,4-5,8-9H2,1H3,(H,15,17). The molecule has 0 spiro atoms. The van der Waals surface area contributed by atoms with Crippen molar-refractivity contribution < 1.29 is 9.90 Å². The molecule has 0 saturated heterocycles. The summed E-state index contributed by atoms with van der Waals surface area (Å²) in [6.07, 6.45) is 1.80. The first-order valence-corrected chi connectivity index (χ1v) is 6.90.